The summed E-state index contributed by atoms with van der Waals surface area (Å²) in [5, 5.41) is 4.76. The molecule has 0 unspecified atom stereocenters. The normalized spacial score (nSPS) is 14.3. The fourth-order valence-electron chi connectivity index (χ4n) is 6.01. The average Bonchev–Trinajstić information content (AvgIpc) is 3.82. The van der Waals surface area contributed by atoms with Crippen LogP contribution >= 0.6 is 0 Å². The topological polar surface area (TPSA) is 102 Å². The van der Waals surface area contributed by atoms with Gasteiger partial charge in [-0.3, -0.25) is 9.59 Å². The number of rotatable bonds is 7. The lowest BCUT2D eigenvalue weighted by molar-refractivity contribution is 0.100. The number of carbonyl (C=O) groups is 1. The molecule has 2 aromatic carbocycles. The number of anilines is 3. The van der Waals surface area contributed by atoms with Crippen LogP contribution in [0.3, 0.4) is 0 Å². The van der Waals surface area contributed by atoms with E-state index in [0.29, 0.717) is 60.8 Å². The zero-order chi connectivity index (χ0) is 35.3. The number of unbranched alkanes of at least 4 members (excludes halogenated alkanes) is 1. The predicted octanol–water partition coefficient (Wildman–Crippen LogP) is 9.96. The molecule has 1 saturated carbocycles. The first kappa shape index (κ1) is 37.3. The number of ether oxygens (including phenoxy) is 1. The molecule has 2 fully saturated rings. The van der Waals surface area contributed by atoms with Crippen molar-refractivity contribution in [3.05, 3.63) is 76.7 Å². The summed E-state index contributed by atoms with van der Waals surface area (Å²) in [5.41, 5.74) is 4.81. The van der Waals surface area contributed by atoms with Gasteiger partial charge >= 0.3 is 0 Å². The summed E-state index contributed by atoms with van der Waals surface area (Å²) in [6.07, 6.45) is 8.88. The van der Waals surface area contributed by atoms with Crippen LogP contribution in [0.2, 0.25) is 0 Å². The van der Waals surface area contributed by atoms with E-state index in [1.165, 1.54) is 25.7 Å². The SMILES string of the molecule is CC.CC.CC(=O)c1cc2cnc(Nc3ccc(-c4ccc5c(=O)cc(N6CCOCC6)oc5c4)cc3)nc2n1C1CCCC1.CCCC. The third-order valence-corrected chi connectivity index (χ3v) is 8.64. The Morgan fingerprint density at radius 1 is 0.898 bits per heavy atom. The van der Waals surface area contributed by atoms with Crippen LogP contribution in [-0.4, -0.2) is 46.6 Å². The molecule has 49 heavy (non-hydrogen) atoms. The number of carbonyl (C=O) groups excluding carboxylic acids is 1. The number of aromatic nitrogens is 3. The highest BCUT2D eigenvalue weighted by Crippen LogP contribution is 2.35. The van der Waals surface area contributed by atoms with Crippen molar-refractivity contribution in [3.63, 3.8) is 0 Å². The van der Waals surface area contributed by atoms with Crippen molar-refractivity contribution in [3.8, 4) is 11.1 Å². The molecule has 0 spiro atoms. The van der Waals surface area contributed by atoms with Gasteiger partial charge in [0.05, 0.1) is 24.3 Å². The summed E-state index contributed by atoms with van der Waals surface area (Å²) in [6, 6.07) is 17.4. The van der Waals surface area contributed by atoms with Crippen molar-refractivity contribution >= 4 is 45.3 Å². The maximum Gasteiger partial charge on any atom is 0.229 e. The minimum absolute atomic E-state index is 0.0466. The van der Waals surface area contributed by atoms with Gasteiger partial charge in [-0.1, -0.05) is 85.4 Å². The zero-order valence-electron chi connectivity index (χ0n) is 30.3. The Balaban J connectivity index is 0.000000622. The molecule has 1 aliphatic carbocycles. The number of morpholine rings is 1. The minimum Gasteiger partial charge on any atom is -0.440 e. The third kappa shape index (κ3) is 8.95. The van der Waals surface area contributed by atoms with Gasteiger partial charge in [-0.25, -0.2) is 4.98 Å². The van der Waals surface area contributed by atoms with Gasteiger partial charge in [0.25, 0.3) is 0 Å². The number of benzene rings is 2. The number of Topliss-reactive ketones (excluding diaryl/α,β-unsaturated/α-hetero) is 1. The van der Waals surface area contributed by atoms with E-state index in [4.69, 9.17) is 14.1 Å². The lowest BCUT2D eigenvalue weighted by Gasteiger charge is -2.27. The molecule has 1 saturated heterocycles. The van der Waals surface area contributed by atoms with Gasteiger partial charge in [-0.05, 0) is 54.3 Å². The van der Waals surface area contributed by atoms with E-state index in [1.54, 1.807) is 19.2 Å². The van der Waals surface area contributed by atoms with Crippen LogP contribution in [0.15, 0.2) is 70.0 Å². The highest BCUT2D eigenvalue weighted by molar-refractivity contribution is 5.98. The van der Waals surface area contributed by atoms with Gasteiger partial charge in [0.1, 0.15) is 11.2 Å². The minimum atomic E-state index is -0.0506. The summed E-state index contributed by atoms with van der Waals surface area (Å²) in [6.45, 7) is 16.6. The number of fused-ring (bicyclic) bond motifs is 2. The number of hydrogen-bond acceptors (Lipinski definition) is 8. The standard InChI is InChI=1S/C32H31N5O4.C4H10.2C2H6/c1-20(38)27-16-23-19-33-32(35-31(23)37(27)25-4-2-3-5-25)34-24-9-6-21(7-10-24)22-8-11-26-28(39)18-30(41-29(26)17-22)36-12-14-40-15-13-36;1-3-4-2;2*1-2/h6-11,16-19,25H,2-5,12-15H2,1H3,(H,33,34,35);3-4H2,1-2H3;2*1-2H3. The van der Waals surface area contributed by atoms with Crippen molar-refractivity contribution in [2.75, 3.05) is 36.5 Å². The smallest absolute Gasteiger partial charge is 0.229 e. The van der Waals surface area contributed by atoms with Crippen molar-refractivity contribution in [2.24, 2.45) is 0 Å². The van der Waals surface area contributed by atoms with Crippen LogP contribution in [0.5, 0.6) is 0 Å². The first-order valence-electron chi connectivity index (χ1n) is 18.1. The molecular weight excluding hydrogens is 614 g/mol. The molecule has 0 atom stereocenters. The zero-order valence-corrected chi connectivity index (χ0v) is 30.3. The van der Waals surface area contributed by atoms with E-state index in [0.717, 1.165) is 40.7 Å². The second-order valence-corrected chi connectivity index (χ2v) is 11.8. The largest absolute Gasteiger partial charge is 0.440 e. The van der Waals surface area contributed by atoms with E-state index in [1.807, 2.05) is 81.1 Å². The summed E-state index contributed by atoms with van der Waals surface area (Å²) in [5.74, 6) is 1.11. The molecule has 4 heterocycles. The summed E-state index contributed by atoms with van der Waals surface area (Å²) in [7, 11) is 0. The number of nitrogens with zero attached hydrogens (tertiary/aromatic N) is 4. The van der Waals surface area contributed by atoms with Gasteiger partial charge in [-0.2, -0.15) is 4.98 Å². The average molecular weight is 668 g/mol. The van der Waals surface area contributed by atoms with Crippen LogP contribution in [-0.2, 0) is 4.74 Å². The fraction of sp³-hybridized carbons (Fsp3) is 0.450. The predicted molar refractivity (Wildman–Crippen MR) is 203 cm³/mol. The quantitative estimate of drug-likeness (QED) is 0.171. The third-order valence-electron chi connectivity index (χ3n) is 8.64. The molecule has 0 radical (unpaired) electrons. The Morgan fingerprint density at radius 3 is 2.18 bits per heavy atom. The monoisotopic (exact) mass is 667 g/mol. The molecule has 5 aromatic rings. The first-order chi connectivity index (χ1) is 23.9. The molecule has 2 aliphatic rings. The van der Waals surface area contributed by atoms with Crippen LogP contribution in [0.25, 0.3) is 33.1 Å². The Labute approximate surface area is 290 Å². The molecule has 0 bridgehead atoms. The number of ketones is 1. The van der Waals surface area contributed by atoms with Gasteiger partial charge < -0.3 is 23.9 Å². The highest BCUT2D eigenvalue weighted by atomic mass is 16.5. The number of hydrogen-bond donors (Lipinski definition) is 1. The summed E-state index contributed by atoms with van der Waals surface area (Å²) >= 11 is 0. The Bertz CT molecular complexity index is 1850. The van der Waals surface area contributed by atoms with Crippen LogP contribution in [0.1, 0.15) is 104 Å². The Morgan fingerprint density at radius 2 is 1.55 bits per heavy atom. The lowest BCUT2D eigenvalue weighted by atomic mass is 10.0. The molecule has 7 rings (SSSR count). The lowest BCUT2D eigenvalue weighted by Crippen LogP contribution is -2.36. The second kappa shape index (κ2) is 18.3. The van der Waals surface area contributed by atoms with Crippen molar-refractivity contribution in [1.29, 1.82) is 0 Å². The molecule has 0 amide bonds. The van der Waals surface area contributed by atoms with E-state index in [9.17, 15) is 9.59 Å². The van der Waals surface area contributed by atoms with Crippen LogP contribution in [0, 0.1) is 0 Å². The van der Waals surface area contributed by atoms with Gasteiger partial charge in [0, 0.05) is 49.4 Å². The molecule has 262 valence electrons. The highest BCUT2D eigenvalue weighted by Gasteiger charge is 2.24. The second-order valence-electron chi connectivity index (χ2n) is 11.8. The van der Waals surface area contributed by atoms with Gasteiger partial charge in [0.15, 0.2) is 17.1 Å². The van der Waals surface area contributed by atoms with Crippen LogP contribution < -0.4 is 15.6 Å². The summed E-state index contributed by atoms with van der Waals surface area (Å²) < 4.78 is 13.7. The summed E-state index contributed by atoms with van der Waals surface area (Å²) in [4.78, 5) is 36.5. The molecule has 9 nitrogen and oxygen atoms in total. The molecule has 1 N–H and O–H groups in total. The van der Waals surface area contributed by atoms with Gasteiger partial charge in [0.2, 0.25) is 5.95 Å². The maximum absolute atomic E-state index is 12.8. The first-order valence-corrected chi connectivity index (χ1v) is 18.1. The van der Waals surface area contributed by atoms with Crippen LogP contribution in [0.4, 0.5) is 17.5 Å². The molecule has 9 heteroatoms. The van der Waals surface area contributed by atoms with Gasteiger partial charge in [-0.15, -0.1) is 0 Å². The van der Waals surface area contributed by atoms with E-state index >= 15 is 0 Å². The molecule has 3 aromatic heterocycles. The van der Waals surface area contributed by atoms with E-state index in [-0.39, 0.29) is 11.2 Å². The molecule has 1 aliphatic heterocycles. The molecular formula is C40H53N5O4. The number of nitrogens with one attached hydrogen (secondary N) is 1. The maximum atomic E-state index is 12.8. The fourth-order valence-corrected chi connectivity index (χ4v) is 6.01. The van der Waals surface area contributed by atoms with Crippen molar-refractivity contribution in [2.45, 2.75) is 93.0 Å². The Hall–Kier alpha value is -4.50. The van der Waals surface area contributed by atoms with Crippen molar-refractivity contribution in [1.82, 2.24) is 14.5 Å². The van der Waals surface area contributed by atoms with E-state index in [2.05, 4.69) is 28.7 Å². The van der Waals surface area contributed by atoms with Crippen molar-refractivity contribution < 1.29 is 13.9 Å². The Kier molecular flexibility index (Phi) is 13.9. The van der Waals surface area contributed by atoms with E-state index < -0.39 is 0 Å².